The summed E-state index contributed by atoms with van der Waals surface area (Å²) < 4.78 is 26.3. The summed E-state index contributed by atoms with van der Waals surface area (Å²) in [4.78, 5) is 0.380. The molecular weight excluding hydrogens is 256 g/mol. The molecule has 0 aromatic heterocycles. The Morgan fingerprint density at radius 3 is 2.41 bits per heavy atom. The Hall–Kier alpha value is -0.200. The highest BCUT2D eigenvalue weighted by Gasteiger charge is 2.34. The molecule has 1 unspecified atom stereocenters. The monoisotopic (exact) mass is 278 g/mol. The number of hydrogen-bond donors (Lipinski definition) is 1. The lowest BCUT2D eigenvalue weighted by molar-refractivity contribution is 0.398. The third-order valence-corrected chi connectivity index (χ3v) is 6.24. The van der Waals surface area contributed by atoms with Gasteiger partial charge in [-0.1, -0.05) is 38.9 Å². The van der Waals surface area contributed by atoms with Crippen LogP contribution in [0.25, 0.3) is 0 Å². The van der Waals surface area contributed by atoms with Gasteiger partial charge in [0.25, 0.3) is 0 Å². The summed E-state index contributed by atoms with van der Waals surface area (Å²) in [6.45, 7) is 4.63. The third-order valence-electron chi connectivity index (χ3n) is 3.40. The molecule has 0 radical (unpaired) electrons. The summed E-state index contributed by atoms with van der Waals surface area (Å²) in [6.07, 6.45) is 3.62. The van der Waals surface area contributed by atoms with Crippen molar-refractivity contribution < 1.29 is 8.42 Å². The van der Waals surface area contributed by atoms with E-state index in [9.17, 15) is 8.42 Å². The van der Waals surface area contributed by atoms with E-state index < -0.39 is 10.0 Å². The molecule has 100 valence electrons. The van der Waals surface area contributed by atoms with E-state index in [-0.39, 0.29) is 11.2 Å². The summed E-state index contributed by atoms with van der Waals surface area (Å²) in [5.74, 6) is -0.0684. The fourth-order valence-corrected chi connectivity index (χ4v) is 4.42. The molecule has 0 spiro atoms. The first-order valence-corrected chi connectivity index (χ1v) is 8.09. The smallest absolute Gasteiger partial charge is 0.216 e. The topological polar surface area (TPSA) is 63.4 Å². The number of sulfonamides is 1. The largest absolute Gasteiger partial charge is 0.393 e. The number of hydrogen-bond acceptors (Lipinski definition) is 3. The van der Waals surface area contributed by atoms with Gasteiger partial charge in [0.1, 0.15) is 0 Å². The van der Waals surface area contributed by atoms with Crippen molar-refractivity contribution in [3.63, 3.8) is 0 Å². The molecule has 0 aliphatic heterocycles. The van der Waals surface area contributed by atoms with Crippen molar-refractivity contribution in [1.82, 2.24) is 4.31 Å². The number of nitrogens with two attached hydrogens (primary N) is 1. The Bertz CT molecular complexity index is 362. The second-order valence-electron chi connectivity index (χ2n) is 4.71. The molecular formula is C11H22N2O2S2. The summed E-state index contributed by atoms with van der Waals surface area (Å²) in [5.41, 5.74) is 5.55. The maximum Gasteiger partial charge on any atom is 0.216 e. The van der Waals surface area contributed by atoms with Gasteiger partial charge < -0.3 is 5.73 Å². The predicted molar refractivity (Wildman–Crippen MR) is 74.4 cm³/mol. The van der Waals surface area contributed by atoms with Crippen LogP contribution in [0.5, 0.6) is 0 Å². The molecule has 1 aliphatic carbocycles. The van der Waals surface area contributed by atoms with E-state index in [1.54, 1.807) is 0 Å². The second kappa shape index (κ2) is 6.11. The molecule has 0 heterocycles. The lowest BCUT2D eigenvalue weighted by atomic mass is 10.2. The minimum atomic E-state index is -3.16. The Balaban J connectivity index is 2.75. The highest BCUT2D eigenvalue weighted by atomic mass is 32.2. The van der Waals surface area contributed by atoms with Crippen molar-refractivity contribution in [2.24, 2.45) is 11.7 Å². The molecule has 1 aliphatic rings. The van der Waals surface area contributed by atoms with Crippen LogP contribution in [0.1, 0.15) is 39.5 Å². The van der Waals surface area contributed by atoms with Crippen LogP contribution in [-0.2, 0) is 10.0 Å². The van der Waals surface area contributed by atoms with Gasteiger partial charge in [0.2, 0.25) is 10.0 Å². The zero-order valence-corrected chi connectivity index (χ0v) is 12.2. The predicted octanol–water partition coefficient (Wildman–Crippen LogP) is 1.50. The molecule has 17 heavy (non-hydrogen) atoms. The SMILES string of the molecule is CCN(CC(C)C(N)=S)S(=O)(=O)C1CCCC1. The van der Waals surface area contributed by atoms with Gasteiger partial charge >= 0.3 is 0 Å². The first-order valence-electron chi connectivity index (χ1n) is 6.17. The first-order chi connectivity index (χ1) is 7.89. The summed E-state index contributed by atoms with van der Waals surface area (Å²) in [6, 6.07) is 0. The van der Waals surface area contributed by atoms with E-state index in [0.29, 0.717) is 18.1 Å². The normalized spacial score (nSPS) is 19.7. The maximum atomic E-state index is 12.4. The van der Waals surface area contributed by atoms with E-state index in [4.69, 9.17) is 18.0 Å². The van der Waals surface area contributed by atoms with Crippen LogP contribution in [0.3, 0.4) is 0 Å². The standard InChI is InChI=1S/C11H22N2O2S2/c1-3-13(8-9(2)11(12)16)17(14,15)10-6-4-5-7-10/h9-10H,3-8H2,1-2H3,(H2,12,16). The molecule has 1 rings (SSSR count). The molecule has 4 nitrogen and oxygen atoms in total. The van der Waals surface area contributed by atoms with E-state index in [1.807, 2.05) is 13.8 Å². The molecule has 1 atom stereocenters. The van der Waals surface area contributed by atoms with E-state index >= 15 is 0 Å². The van der Waals surface area contributed by atoms with Crippen LogP contribution >= 0.6 is 12.2 Å². The molecule has 1 fully saturated rings. The average molecular weight is 278 g/mol. The van der Waals surface area contributed by atoms with Gasteiger partial charge in [-0.05, 0) is 12.8 Å². The lowest BCUT2D eigenvalue weighted by Gasteiger charge is -2.26. The van der Waals surface area contributed by atoms with Crippen LogP contribution in [0, 0.1) is 5.92 Å². The van der Waals surface area contributed by atoms with Gasteiger partial charge in [-0.2, -0.15) is 0 Å². The molecule has 0 aromatic carbocycles. The van der Waals surface area contributed by atoms with Gasteiger partial charge in [0.15, 0.2) is 0 Å². The van der Waals surface area contributed by atoms with Crippen LogP contribution in [0.2, 0.25) is 0 Å². The minimum Gasteiger partial charge on any atom is -0.393 e. The van der Waals surface area contributed by atoms with Gasteiger partial charge in [0.05, 0.1) is 10.2 Å². The number of rotatable bonds is 6. The van der Waals surface area contributed by atoms with E-state index in [1.165, 1.54) is 4.31 Å². The van der Waals surface area contributed by atoms with Crippen molar-refractivity contribution in [1.29, 1.82) is 0 Å². The van der Waals surface area contributed by atoms with Crippen molar-refractivity contribution in [2.75, 3.05) is 13.1 Å². The van der Waals surface area contributed by atoms with Gasteiger partial charge in [-0.15, -0.1) is 0 Å². The van der Waals surface area contributed by atoms with Crippen molar-refractivity contribution in [3.8, 4) is 0 Å². The minimum absolute atomic E-state index is 0.0684. The van der Waals surface area contributed by atoms with Gasteiger partial charge in [-0.25, -0.2) is 12.7 Å². The summed E-state index contributed by atoms with van der Waals surface area (Å²) >= 11 is 4.90. The molecule has 0 bridgehead atoms. The number of thiocarbonyl (C=S) groups is 1. The zero-order chi connectivity index (χ0) is 13.1. The second-order valence-corrected chi connectivity index (χ2v) is 7.39. The Kier molecular flexibility index (Phi) is 5.34. The number of nitrogens with zero attached hydrogens (tertiary/aromatic N) is 1. The quantitative estimate of drug-likeness (QED) is 0.748. The van der Waals surface area contributed by atoms with Crippen molar-refractivity contribution >= 4 is 27.2 Å². The fourth-order valence-electron chi connectivity index (χ4n) is 2.21. The third kappa shape index (κ3) is 3.63. The fraction of sp³-hybridized carbons (Fsp3) is 0.909. The van der Waals surface area contributed by atoms with Crippen LogP contribution < -0.4 is 5.73 Å². The molecule has 6 heteroatoms. The molecule has 0 saturated heterocycles. The van der Waals surface area contributed by atoms with E-state index in [0.717, 1.165) is 25.7 Å². The van der Waals surface area contributed by atoms with Crippen LogP contribution in [0.15, 0.2) is 0 Å². The molecule has 0 aromatic rings. The first kappa shape index (κ1) is 14.9. The Labute approximate surface area is 110 Å². The van der Waals surface area contributed by atoms with Crippen molar-refractivity contribution in [3.05, 3.63) is 0 Å². The van der Waals surface area contributed by atoms with Gasteiger partial charge in [-0.3, -0.25) is 0 Å². The maximum absolute atomic E-state index is 12.4. The summed E-state index contributed by atoms with van der Waals surface area (Å²) in [7, 11) is -3.16. The van der Waals surface area contributed by atoms with Gasteiger partial charge in [0, 0.05) is 19.0 Å². The van der Waals surface area contributed by atoms with Crippen LogP contribution in [-0.4, -0.2) is 36.1 Å². The summed E-state index contributed by atoms with van der Waals surface area (Å²) in [5, 5.41) is -0.194. The lowest BCUT2D eigenvalue weighted by Crippen LogP contribution is -2.42. The Morgan fingerprint density at radius 1 is 1.47 bits per heavy atom. The Morgan fingerprint density at radius 2 is 2.00 bits per heavy atom. The van der Waals surface area contributed by atoms with E-state index in [2.05, 4.69) is 0 Å². The highest BCUT2D eigenvalue weighted by molar-refractivity contribution is 7.89. The molecule has 1 saturated carbocycles. The highest BCUT2D eigenvalue weighted by Crippen LogP contribution is 2.27. The molecule has 0 amide bonds. The van der Waals surface area contributed by atoms with Crippen molar-refractivity contribution in [2.45, 2.75) is 44.8 Å². The molecule has 2 N–H and O–H groups in total. The van der Waals surface area contributed by atoms with Crippen LogP contribution in [0.4, 0.5) is 0 Å². The zero-order valence-electron chi connectivity index (χ0n) is 10.6. The average Bonchev–Trinajstić information content (AvgIpc) is 2.78.